The number of halogens is 1. The van der Waals surface area contributed by atoms with Crippen LogP contribution in [-0.2, 0) is 4.74 Å². The van der Waals surface area contributed by atoms with Crippen molar-refractivity contribution in [1.29, 1.82) is 0 Å². The zero-order valence-electron chi connectivity index (χ0n) is 20.2. The molecule has 2 aliphatic heterocycles. The summed E-state index contributed by atoms with van der Waals surface area (Å²) in [6.45, 7) is 0.290. The van der Waals surface area contributed by atoms with Gasteiger partial charge < -0.3 is 14.4 Å². The van der Waals surface area contributed by atoms with Crippen LogP contribution in [0, 0.1) is 11.7 Å². The zero-order chi connectivity index (χ0) is 24.8. The van der Waals surface area contributed by atoms with Gasteiger partial charge in [0.05, 0.1) is 12.7 Å². The van der Waals surface area contributed by atoms with E-state index in [0.29, 0.717) is 18.4 Å². The lowest BCUT2D eigenvalue weighted by Gasteiger charge is -2.38. The van der Waals surface area contributed by atoms with E-state index in [0.717, 1.165) is 12.8 Å². The molecule has 1 amide bonds. The molecule has 0 N–H and O–H groups in total. The number of fused-ring (bicyclic) bond motifs is 5. The van der Waals surface area contributed by atoms with Crippen molar-refractivity contribution in [2.24, 2.45) is 5.92 Å². The molecule has 3 aromatic rings. The Bertz CT molecular complexity index is 1280. The number of nitrogens with zero attached hydrogens (tertiary/aromatic N) is 1. The lowest BCUT2D eigenvalue weighted by Crippen LogP contribution is -2.48. The summed E-state index contributed by atoms with van der Waals surface area (Å²) < 4.78 is 24.8. The number of ether oxygens (including phenoxy) is 2. The second-order valence-corrected chi connectivity index (χ2v) is 9.97. The van der Waals surface area contributed by atoms with Crippen LogP contribution in [0.15, 0.2) is 66.7 Å². The Morgan fingerprint density at radius 2 is 1.53 bits per heavy atom. The monoisotopic (exact) mass is 485 g/mol. The lowest BCUT2D eigenvalue weighted by molar-refractivity contribution is 0.0505. The number of rotatable bonds is 5. The number of hydrogen-bond acceptors (Lipinski definition) is 4. The molecule has 36 heavy (non-hydrogen) atoms. The third-order valence-corrected chi connectivity index (χ3v) is 8.08. The normalized spacial score (nSPS) is 22.2. The summed E-state index contributed by atoms with van der Waals surface area (Å²) in [7, 11) is 1.44. The van der Waals surface area contributed by atoms with E-state index in [9.17, 15) is 14.0 Å². The molecule has 2 fully saturated rings. The van der Waals surface area contributed by atoms with E-state index in [-0.39, 0.29) is 48.2 Å². The summed E-state index contributed by atoms with van der Waals surface area (Å²) in [6, 6.07) is 20.6. The van der Waals surface area contributed by atoms with Gasteiger partial charge in [0, 0.05) is 30.0 Å². The second kappa shape index (κ2) is 9.08. The lowest BCUT2D eigenvalue weighted by atomic mass is 9.84. The van der Waals surface area contributed by atoms with Crippen LogP contribution in [0.5, 0.6) is 5.75 Å². The Morgan fingerprint density at radius 3 is 2.14 bits per heavy atom. The van der Waals surface area contributed by atoms with Gasteiger partial charge in [-0.05, 0) is 60.1 Å². The highest BCUT2D eigenvalue weighted by molar-refractivity contribution is 6.00. The number of carbonyl (C=O) groups is 2. The maximum Gasteiger partial charge on any atom is 0.410 e. The van der Waals surface area contributed by atoms with Crippen molar-refractivity contribution in [2.75, 3.05) is 13.7 Å². The SMILES string of the molecule is COc1cc(F)ccc1C(=O)C1CC2CCC(C1)N2C(=O)OCC1c2ccccc2-c2ccccc21. The van der Waals surface area contributed by atoms with Crippen LogP contribution >= 0.6 is 0 Å². The van der Waals surface area contributed by atoms with Crippen molar-refractivity contribution in [3.8, 4) is 16.9 Å². The van der Waals surface area contributed by atoms with Crippen LogP contribution in [0.1, 0.15) is 53.1 Å². The van der Waals surface area contributed by atoms with Gasteiger partial charge in [0.25, 0.3) is 0 Å². The van der Waals surface area contributed by atoms with Crippen LogP contribution in [0.3, 0.4) is 0 Å². The summed E-state index contributed by atoms with van der Waals surface area (Å²) in [6.07, 6.45) is 2.59. The highest BCUT2D eigenvalue weighted by Gasteiger charge is 2.46. The number of Topliss-reactive ketones (excluding diaryl/α,β-unsaturated/α-hetero) is 1. The third-order valence-electron chi connectivity index (χ3n) is 8.08. The van der Waals surface area contributed by atoms with Gasteiger partial charge in [-0.3, -0.25) is 4.79 Å². The molecule has 3 aromatic carbocycles. The molecule has 0 spiro atoms. The fraction of sp³-hybridized carbons (Fsp3) is 0.333. The van der Waals surface area contributed by atoms with Crippen molar-refractivity contribution in [3.05, 3.63) is 89.2 Å². The number of piperidine rings is 1. The zero-order valence-corrected chi connectivity index (χ0v) is 20.2. The van der Waals surface area contributed by atoms with Crippen molar-refractivity contribution in [2.45, 2.75) is 43.7 Å². The van der Waals surface area contributed by atoms with Crippen LogP contribution in [0.4, 0.5) is 9.18 Å². The molecule has 0 aromatic heterocycles. The van der Waals surface area contributed by atoms with E-state index in [1.54, 1.807) is 0 Å². The molecule has 0 radical (unpaired) electrons. The second-order valence-electron chi connectivity index (χ2n) is 9.97. The number of benzene rings is 3. The van der Waals surface area contributed by atoms with E-state index in [1.807, 2.05) is 29.2 Å². The molecule has 6 rings (SSSR count). The van der Waals surface area contributed by atoms with Gasteiger partial charge in [-0.15, -0.1) is 0 Å². The van der Waals surface area contributed by atoms with Crippen LogP contribution in [-0.4, -0.2) is 42.6 Å². The standard InChI is InChI=1S/C30H28FNO4/c1-35-28-16-19(31)10-13-26(28)29(33)18-14-20-11-12-21(15-18)32(20)30(34)36-17-27-24-8-4-2-6-22(24)23-7-3-5-9-25(23)27/h2-10,13,16,18,20-21,27H,11-12,14-15,17H2,1H3. The fourth-order valence-corrected chi connectivity index (χ4v) is 6.45. The average Bonchev–Trinajstić information content (AvgIpc) is 3.37. The van der Waals surface area contributed by atoms with Gasteiger partial charge >= 0.3 is 6.09 Å². The van der Waals surface area contributed by atoms with E-state index in [4.69, 9.17) is 9.47 Å². The van der Waals surface area contributed by atoms with Gasteiger partial charge in [0.15, 0.2) is 5.78 Å². The number of amides is 1. The predicted octanol–water partition coefficient (Wildman–Crippen LogP) is 6.21. The fourth-order valence-electron chi connectivity index (χ4n) is 6.45. The maximum absolute atomic E-state index is 13.6. The highest BCUT2D eigenvalue weighted by atomic mass is 19.1. The van der Waals surface area contributed by atoms with Gasteiger partial charge in [-0.2, -0.15) is 0 Å². The first-order valence-electron chi connectivity index (χ1n) is 12.6. The Morgan fingerprint density at radius 1 is 0.917 bits per heavy atom. The number of ketones is 1. The van der Waals surface area contributed by atoms with Crippen molar-refractivity contribution in [3.63, 3.8) is 0 Å². The predicted molar refractivity (Wildman–Crippen MR) is 134 cm³/mol. The van der Waals surface area contributed by atoms with E-state index in [1.165, 1.54) is 47.6 Å². The van der Waals surface area contributed by atoms with Crippen LogP contribution in [0.25, 0.3) is 11.1 Å². The molecule has 2 heterocycles. The van der Waals surface area contributed by atoms with Gasteiger partial charge in [0.1, 0.15) is 18.2 Å². The van der Waals surface area contributed by atoms with Crippen molar-refractivity contribution in [1.82, 2.24) is 4.90 Å². The molecule has 2 saturated heterocycles. The van der Waals surface area contributed by atoms with Crippen molar-refractivity contribution >= 4 is 11.9 Å². The average molecular weight is 486 g/mol. The minimum Gasteiger partial charge on any atom is -0.496 e. The quantitative estimate of drug-likeness (QED) is 0.403. The van der Waals surface area contributed by atoms with Crippen LogP contribution < -0.4 is 4.74 Å². The Labute approximate surface area is 209 Å². The molecule has 2 bridgehead atoms. The minimum atomic E-state index is -0.437. The molecule has 3 aliphatic rings. The summed E-state index contributed by atoms with van der Waals surface area (Å²) >= 11 is 0. The molecule has 6 heteroatoms. The first-order chi connectivity index (χ1) is 17.5. The third kappa shape index (κ3) is 3.76. The summed E-state index contributed by atoms with van der Waals surface area (Å²) in [4.78, 5) is 28.4. The molecule has 2 atom stereocenters. The van der Waals surface area contributed by atoms with E-state index < -0.39 is 5.82 Å². The Kier molecular flexibility index (Phi) is 5.75. The summed E-state index contributed by atoms with van der Waals surface area (Å²) in [5.74, 6) is -0.431. The molecule has 1 aliphatic carbocycles. The van der Waals surface area contributed by atoms with Crippen LogP contribution in [0.2, 0.25) is 0 Å². The minimum absolute atomic E-state index is 0.0176. The highest BCUT2D eigenvalue weighted by Crippen LogP contribution is 2.45. The van der Waals surface area contributed by atoms with Crippen molar-refractivity contribution < 1.29 is 23.5 Å². The molecule has 5 nitrogen and oxygen atoms in total. The molecular weight excluding hydrogens is 457 g/mol. The summed E-state index contributed by atoms with van der Waals surface area (Å²) in [5, 5.41) is 0. The molecule has 2 unspecified atom stereocenters. The number of carbonyl (C=O) groups excluding carboxylic acids is 2. The van der Waals surface area contributed by atoms with Gasteiger partial charge in [-0.25, -0.2) is 9.18 Å². The molecule has 0 saturated carbocycles. The number of methoxy groups -OCH3 is 1. The largest absolute Gasteiger partial charge is 0.496 e. The topological polar surface area (TPSA) is 55.8 Å². The summed E-state index contributed by atoms with van der Waals surface area (Å²) in [5.41, 5.74) is 5.17. The Hall–Kier alpha value is -3.67. The first kappa shape index (κ1) is 22.8. The van der Waals surface area contributed by atoms with Gasteiger partial charge in [0.2, 0.25) is 0 Å². The van der Waals surface area contributed by atoms with E-state index in [2.05, 4.69) is 24.3 Å². The Balaban J connectivity index is 1.15. The van der Waals surface area contributed by atoms with Gasteiger partial charge in [-0.1, -0.05) is 48.5 Å². The first-order valence-corrected chi connectivity index (χ1v) is 12.6. The number of hydrogen-bond donors (Lipinski definition) is 0. The smallest absolute Gasteiger partial charge is 0.410 e. The maximum atomic E-state index is 13.6. The molecule has 184 valence electrons. The molecular formula is C30H28FNO4. The van der Waals surface area contributed by atoms with E-state index >= 15 is 0 Å².